The lowest BCUT2D eigenvalue weighted by atomic mass is 10.0. The zero-order valence-corrected chi connectivity index (χ0v) is 19.9. The van der Waals surface area contributed by atoms with Crippen LogP contribution in [0.5, 0.6) is 0 Å². The first-order valence-corrected chi connectivity index (χ1v) is 11.6. The zero-order valence-electron chi connectivity index (χ0n) is 19.9. The number of hydrogen-bond donors (Lipinski definition) is 7. The summed E-state index contributed by atoms with van der Waals surface area (Å²) in [6, 6.07) is -3.92. The number of imidazole rings is 1. The van der Waals surface area contributed by atoms with Gasteiger partial charge in [-0.1, -0.05) is 13.8 Å². The van der Waals surface area contributed by atoms with E-state index in [1.54, 1.807) is 0 Å². The van der Waals surface area contributed by atoms with Crippen molar-refractivity contribution in [1.82, 2.24) is 31.2 Å². The molecule has 13 heteroatoms. The highest BCUT2D eigenvalue weighted by Gasteiger charge is 2.32. The first kappa shape index (κ1) is 27.8. The molecule has 3 amide bonds. The van der Waals surface area contributed by atoms with Gasteiger partial charge in [-0.05, 0) is 38.1 Å². The van der Waals surface area contributed by atoms with E-state index in [-0.39, 0.29) is 30.7 Å². The monoisotopic (exact) mass is 494 g/mol. The van der Waals surface area contributed by atoms with Crippen LogP contribution in [0.25, 0.3) is 0 Å². The molecule has 4 unspecified atom stereocenters. The number of nitrogens with zero attached hydrogens (tertiary/aromatic N) is 1. The van der Waals surface area contributed by atoms with Gasteiger partial charge >= 0.3 is 11.9 Å². The van der Waals surface area contributed by atoms with Gasteiger partial charge in [0.05, 0.1) is 12.4 Å². The van der Waals surface area contributed by atoms with Gasteiger partial charge in [0.1, 0.15) is 18.1 Å². The standard InChI is InChI=1S/C22H34N6O7/c1-12(2)8-16(27-19(31)14-4-3-7-24-14)20(32)28-17(9-13-10-23-11-25-13)21(33)26-15(22(34)35)5-6-18(29)30/h10-12,14-17,24H,3-9H2,1-2H3,(H,23,25)(H,26,33)(H,27,31)(H,28,32)(H,29,30)(H,34,35). The van der Waals surface area contributed by atoms with E-state index in [4.69, 9.17) is 5.11 Å². The van der Waals surface area contributed by atoms with Crippen LogP contribution >= 0.6 is 0 Å². The first-order chi connectivity index (χ1) is 16.6. The summed E-state index contributed by atoms with van der Waals surface area (Å²) in [5, 5.41) is 29.0. The first-order valence-electron chi connectivity index (χ1n) is 11.6. The molecule has 2 heterocycles. The predicted octanol–water partition coefficient (Wildman–Crippen LogP) is -0.846. The summed E-state index contributed by atoms with van der Waals surface area (Å²) < 4.78 is 0. The van der Waals surface area contributed by atoms with E-state index in [0.717, 1.165) is 13.0 Å². The van der Waals surface area contributed by atoms with Gasteiger partial charge in [-0.15, -0.1) is 0 Å². The number of H-pyrrole nitrogens is 1. The average Bonchev–Trinajstić information content (AvgIpc) is 3.49. The molecule has 0 aliphatic carbocycles. The fourth-order valence-electron chi connectivity index (χ4n) is 3.78. The second-order valence-corrected chi connectivity index (χ2v) is 9.01. The molecule has 1 aliphatic heterocycles. The normalized spacial score (nSPS) is 17.9. The maximum absolute atomic E-state index is 13.2. The molecule has 35 heavy (non-hydrogen) atoms. The van der Waals surface area contributed by atoms with Gasteiger partial charge < -0.3 is 36.5 Å². The van der Waals surface area contributed by atoms with Crippen LogP contribution in [0.3, 0.4) is 0 Å². The third-order valence-electron chi connectivity index (χ3n) is 5.59. The number of carbonyl (C=O) groups excluding carboxylic acids is 3. The second kappa shape index (κ2) is 13.4. The van der Waals surface area contributed by atoms with Gasteiger partial charge in [-0.2, -0.15) is 0 Å². The van der Waals surface area contributed by atoms with E-state index in [1.807, 2.05) is 13.8 Å². The van der Waals surface area contributed by atoms with Crippen LogP contribution in [0.15, 0.2) is 12.5 Å². The Morgan fingerprint density at radius 3 is 2.29 bits per heavy atom. The number of amides is 3. The third kappa shape index (κ3) is 9.35. The molecule has 2 rings (SSSR count). The van der Waals surface area contributed by atoms with Gasteiger partial charge in [0.25, 0.3) is 0 Å². The Bertz CT molecular complexity index is 883. The van der Waals surface area contributed by atoms with Crippen molar-refractivity contribution in [2.45, 2.75) is 76.5 Å². The van der Waals surface area contributed by atoms with Crippen LogP contribution in [-0.2, 0) is 30.4 Å². The summed E-state index contributed by atoms with van der Waals surface area (Å²) in [7, 11) is 0. The maximum atomic E-state index is 13.2. The van der Waals surface area contributed by atoms with E-state index in [0.29, 0.717) is 18.5 Å². The lowest BCUT2D eigenvalue weighted by Gasteiger charge is -2.26. The summed E-state index contributed by atoms with van der Waals surface area (Å²) in [5.74, 6) is -4.19. The Morgan fingerprint density at radius 2 is 1.74 bits per heavy atom. The SMILES string of the molecule is CC(C)CC(NC(=O)C1CCCN1)C(=O)NC(Cc1cnc[nH]1)C(=O)NC(CCC(=O)O)C(=O)O. The number of aromatic nitrogens is 2. The minimum absolute atomic E-state index is 0.0185. The van der Waals surface area contributed by atoms with E-state index in [2.05, 4.69) is 31.2 Å². The minimum atomic E-state index is -1.45. The van der Waals surface area contributed by atoms with Crippen molar-refractivity contribution in [3.05, 3.63) is 18.2 Å². The molecule has 1 aromatic rings. The number of carboxylic acids is 2. The molecule has 1 aromatic heterocycles. The van der Waals surface area contributed by atoms with Crippen LogP contribution in [0.1, 0.15) is 51.6 Å². The van der Waals surface area contributed by atoms with Crippen molar-refractivity contribution in [2.24, 2.45) is 5.92 Å². The molecule has 0 radical (unpaired) electrons. The molecule has 0 bridgehead atoms. The van der Waals surface area contributed by atoms with Gasteiger partial charge in [-0.3, -0.25) is 19.2 Å². The highest BCUT2D eigenvalue weighted by molar-refractivity contribution is 5.94. The quantitative estimate of drug-likeness (QED) is 0.172. The van der Waals surface area contributed by atoms with Crippen molar-refractivity contribution >= 4 is 29.7 Å². The van der Waals surface area contributed by atoms with E-state index in [9.17, 15) is 29.1 Å². The summed E-state index contributed by atoms with van der Waals surface area (Å²) in [4.78, 5) is 67.8. The number of rotatable bonds is 14. The summed E-state index contributed by atoms with van der Waals surface area (Å²) in [6.45, 7) is 4.52. The number of aromatic amines is 1. The predicted molar refractivity (Wildman–Crippen MR) is 123 cm³/mol. The highest BCUT2D eigenvalue weighted by Crippen LogP contribution is 2.10. The van der Waals surface area contributed by atoms with Crippen molar-refractivity contribution in [3.63, 3.8) is 0 Å². The fraction of sp³-hybridized carbons (Fsp3) is 0.636. The van der Waals surface area contributed by atoms with Crippen molar-refractivity contribution < 1.29 is 34.2 Å². The van der Waals surface area contributed by atoms with E-state index >= 15 is 0 Å². The molecule has 1 saturated heterocycles. The maximum Gasteiger partial charge on any atom is 0.326 e. The number of aliphatic carboxylic acids is 2. The van der Waals surface area contributed by atoms with E-state index < -0.39 is 48.3 Å². The Hall–Kier alpha value is -3.48. The Labute approximate surface area is 202 Å². The molecule has 0 aromatic carbocycles. The van der Waals surface area contributed by atoms with E-state index in [1.165, 1.54) is 12.5 Å². The molecule has 4 atom stereocenters. The Kier molecular flexibility index (Phi) is 10.6. The van der Waals surface area contributed by atoms with Crippen LogP contribution in [0, 0.1) is 5.92 Å². The summed E-state index contributed by atoms with van der Waals surface area (Å²) in [6.07, 6.45) is 3.93. The van der Waals surface area contributed by atoms with Gasteiger partial charge in [0, 0.05) is 24.7 Å². The smallest absolute Gasteiger partial charge is 0.326 e. The number of hydrogen-bond acceptors (Lipinski definition) is 7. The van der Waals surface area contributed by atoms with Crippen molar-refractivity contribution in [2.75, 3.05) is 6.54 Å². The Balaban J connectivity index is 2.15. The van der Waals surface area contributed by atoms with Crippen LogP contribution in [-0.4, -0.2) is 80.6 Å². The zero-order chi connectivity index (χ0) is 26.0. The topological polar surface area (TPSA) is 203 Å². The van der Waals surface area contributed by atoms with Crippen molar-refractivity contribution in [1.29, 1.82) is 0 Å². The molecule has 1 aliphatic rings. The van der Waals surface area contributed by atoms with Crippen LogP contribution < -0.4 is 21.3 Å². The average molecular weight is 495 g/mol. The van der Waals surface area contributed by atoms with Crippen molar-refractivity contribution in [3.8, 4) is 0 Å². The number of carboxylic acid groups (broad SMARTS) is 2. The molecule has 7 N–H and O–H groups in total. The molecular weight excluding hydrogens is 460 g/mol. The molecule has 13 nitrogen and oxygen atoms in total. The largest absolute Gasteiger partial charge is 0.481 e. The second-order valence-electron chi connectivity index (χ2n) is 9.01. The Morgan fingerprint density at radius 1 is 1.06 bits per heavy atom. The van der Waals surface area contributed by atoms with Gasteiger partial charge in [-0.25, -0.2) is 9.78 Å². The number of carbonyl (C=O) groups is 5. The summed E-state index contributed by atoms with van der Waals surface area (Å²) >= 11 is 0. The highest BCUT2D eigenvalue weighted by atomic mass is 16.4. The molecule has 0 saturated carbocycles. The lowest BCUT2D eigenvalue weighted by molar-refractivity contribution is -0.143. The molecule has 194 valence electrons. The van der Waals surface area contributed by atoms with Crippen LogP contribution in [0.2, 0.25) is 0 Å². The lowest BCUT2D eigenvalue weighted by Crippen LogP contribution is -2.57. The third-order valence-corrected chi connectivity index (χ3v) is 5.59. The molecule has 1 fully saturated rings. The van der Waals surface area contributed by atoms with Crippen LogP contribution in [0.4, 0.5) is 0 Å². The summed E-state index contributed by atoms with van der Waals surface area (Å²) in [5.41, 5.74) is 0.516. The number of nitrogens with one attached hydrogen (secondary N) is 5. The minimum Gasteiger partial charge on any atom is -0.481 e. The van der Waals surface area contributed by atoms with Gasteiger partial charge in [0.2, 0.25) is 17.7 Å². The van der Waals surface area contributed by atoms with Gasteiger partial charge in [0.15, 0.2) is 0 Å². The molecular formula is C22H34N6O7. The molecule has 0 spiro atoms. The fourth-order valence-corrected chi connectivity index (χ4v) is 3.78.